The summed E-state index contributed by atoms with van der Waals surface area (Å²) in [5, 5.41) is 2.52. The molecule has 233 valence electrons. The zero-order valence-corrected chi connectivity index (χ0v) is 32.4. The van der Waals surface area contributed by atoms with Crippen LogP contribution >= 0.6 is 11.3 Å². The topological polar surface area (TPSA) is 25.8 Å². The van der Waals surface area contributed by atoms with E-state index in [0.717, 1.165) is 28.1 Å². The molecule has 0 N–H and O–H groups in total. The van der Waals surface area contributed by atoms with Crippen molar-refractivity contribution in [2.75, 3.05) is 0 Å². The predicted molar refractivity (Wildman–Crippen MR) is 197 cm³/mol. The number of rotatable bonds is 5. The zero-order valence-electron chi connectivity index (χ0n) is 28.1. The van der Waals surface area contributed by atoms with E-state index in [1.807, 2.05) is 50.2 Å². The van der Waals surface area contributed by atoms with E-state index in [-0.39, 0.29) is 20.1 Å². The van der Waals surface area contributed by atoms with Crippen LogP contribution in [-0.2, 0) is 20.1 Å². The Morgan fingerprint density at radius 3 is 2.28 bits per heavy atom. The van der Waals surface area contributed by atoms with Gasteiger partial charge in [0.05, 0.1) is 0 Å². The van der Waals surface area contributed by atoms with Crippen molar-refractivity contribution in [3.63, 3.8) is 0 Å². The number of benzene rings is 4. The molecular weight excluding hydrogens is 817 g/mol. The number of pyridine rings is 2. The first kappa shape index (κ1) is 32.5. The van der Waals surface area contributed by atoms with Gasteiger partial charge in [0.2, 0.25) is 0 Å². The summed E-state index contributed by atoms with van der Waals surface area (Å²) in [5.41, 5.74) is 8.79. The van der Waals surface area contributed by atoms with E-state index < -0.39 is 19.2 Å². The molecule has 3 heterocycles. The van der Waals surface area contributed by atoms with Gasteiger partial charge in [0.25, 0.3) is 0 Å². The summed E-state index contributed by atoms with van der Waals surface area (Å²) < 4.78 is 12.3. The van der Waals surface area contributed by atoms with Gasteiger partial charge in [-0.1, -0.05) is 73.3 Å². The summed E-state index contributed by atoms with van der Waals surface area (Å²) in [6.45, 7) is 6.00. The van der Waals surface area contributed by atoms with E-state index in [1.165, 1.54) is 41.3 Å². The predicted octanol–water partition coefficient (Wildman–Crippen LogP) is 11.1. The third kappa shape index (κ3) is 7.26. The minimum atomic E-state index is -1.77. The van der Waals surface area contributed by atoms with Gasteiger partial charge in [0, 0.05) is 32.4 Å². The maximum absolute atomic E-state index is 8.37. The average Bonchev–Trinajstić information content (AvgIpc) is 3.44. The molecule has 7 aromatic rings. The van der Waals surface area contributed by atoms with Crippen LogP contribution in [0.3, 0.4) is 0 Å². The second-order valence-corrected chi connectivity index (χ2v) is 24.2. The fourth-order valence-corrected chi connectivity index (χ4v) is 10.6. The van der Waals surface area contributed by atoms with Crippen molar-refractivity contribution in [1.29, 1.82) is 0 Å². The number of aromatic nitrogens is 2. The summed E-state index contributed by atoms with van der Waals surface area (Å²) in [4.78, 5) is 9.21. The molecule has 0 fully saturated rings. The number of hydrogen-bond acceptors (Lipinski definition) is 3. The molecule has 0 saturated carbocycles. The smallest absolute Gasteiger partial charge is 0.0346 e. The van der Waals surface area contributed by atoms with Gasteiger partial charge >= 0.3 is 106 Å². The molecule has 0 saturated heterocycles. The Hall–Kier alpha value is -3.41. The van der Waals surface area contributed by atoms with Crippen LogP contribution < -0.4 is 4.40 Å². The minimum Gasteiger partial charge on any atom is -0.305 e. The summed E-state index contributed by atoms with van der Waals surface area (Å²) in [6, 6.07) is 42.0. The Morgan fingerprint density at radius 1 is 0.804 bits per heavy atom. The van der Waals surface area contributed by atoms with Crippen LogP contribution in [0.4, 0.5) is 0 Å². The van der Waals surface area contributed by atoms with Crippen molar-refractivity contribution in [3.8, 4) is 33.6 Å². The van der Waals surface area contributed by atoms with Crippen molar-refractivity contribution in [3.05, 3.63) is 139 Å². The largest absolute Gasteiger partial charge is 0.305 e. The molecule has 1 radical (unpaired) electrons. The average molecular weight is 857 g/mol. The molecule has 0 spiro atoms. The summed E-state index contributed by atoms with van der Waals surface area (Å²) in [7, 11) is 0. The molecule has 0 unspecified atom stereocenters. The van der Waals surface area contributed by atoms with Crippen molar-refractivity contribution >= 4 is 49.2 Å². The molecule has 0 amide bonds. The maximum atomic E-state index is 8.37. The van der Waals surface area contributed by atoms with Crippen molar-refractivity contribution < 1.29 is 21.5 Å². The van der Waals surface area contributed by atoms with Crippen molar-refractivity contribution in [2.45, 2.75) is 43.9 Å². The van der Waals surface area contributed by atoms with E-state index in [2.05, 4.69) is 119 Å². The van der Waals surface area contributed by atoms with Crippen LogP contribution in [0, 0.1) is 19.1 Å². The first-order valence-electron chi connectivity index (χ1n) is 15.8. The van der Waals surface area contributed by atoms with Crippen LogP contribution in [0.5, 0.6) is 0 Å². The molecule has 5 heteroatoms. The molecule has 7 rings (SSSR count). The van der Waals surface area contributed by atoms with Crippen LogP contribution in [0.2, 0.25) is 17.3 Å². The van der Waals surface area contributed by atoms with Gasteiger partial charge in [-0.25, -0.2) is 0 Å². The number of thiophene rings is 1. The van der Waals surface area contributed by atoms with Crippen LogP contribution in [-0.4, -0.2) is 23.2 Å². The molecule has 2 nitrogen and oxygen atoms in total. The Morgan fingerprint density at radius 2 is 1.59 bits per heavy atom. The zero-order chi connectivity index (χ0) is 32.5. The molecule has 0 aliphatic carbocycles. The van der Waals surface area contributed by atoms with E-state index in [0.29, 0.717) is 0 Å². The first-order valence-corrected chi connectivity index (χ1v) is 23.5. The van der Waals surface area contributed by atoms with Gasteiger partial charge in [-0.05, 0) is 44.9 Å². The standard InChI is InChI=1S/C26H20NS.C15H18GeN.Ir/c1-17(2)19-14-15-27-23(16-19)21-11-6-12-22-25-20(18-8-4-3-5-9-18)10-7-13-24(25)28-26(21)22;1-12-10-15(13-8-6-5-7-9-13)17-11-14(12)16(2,3)4;/h3-10,12-17H,1-2H3;5-8,10-11H,1-4H3;/q2*-1;/i17D;;. The van der Waals surface area contributed by atoms with Gasteiger partial charge in [-0.15, -0.1) is 23.8 Å². The van der Waals surface area contributed by atoms with E-state index in [1.54, 1.807) is 17.5 Å². The third-order valence-electron chi connectivity index (χ3n) is 8.04. The monoisotopic (exact) mass is 858 g/mol. The molecule has 4 aromatic carbocycles. The van der Waals surface area contributed by atoms with Gasteiger partial charge in [-0.2, -0.15) is 11.3 Å². The number of fused-ring (bicyclic) bond motifs is 3. The van der Waals surface area contributed by atoms with E-state index >= 15 is 0 Å². The first-order chi connectivity index (χ1) is 22.0. The second-order valence-electron chi connectivity index (χ2n) is 12.6. The van der Waals surface area contributed by atoms with Crippen LogP contribution in [0.1, 0.15) is 32.2 Å². The number of hydrogen-bond donors (Lipinski definition) is 0. The summed E-state index contributed by atoms with van der Waals surface area (Å²) >= 11 is 0.0146. The molecule has 46 heavy (non-hydrogen) atoms. The molecular formula is C41H38GeIrN2S-2. The van der Waals surface area contributed by atoms with E-state index in [9.17, 15) is 0 Å². The Balaban J connectivity index is 0.000000207. The molecule has 0 aliphatic rings. The van der Waals surface area contributed by atoms with Crippen molar-refractivity contribution in [2.24, 2.45) is 0 Å². The van der Waals surface area contributed by atoms with Gasteiger partial charge in [-0.3, -0.25) is 0 Å². The normalized spacial score (nSPS) is 11.8. The van der Waals surface area contributed by atoms with Crippen molar-refractivity contribution in [1.82, 2.24) is 9.97 Å². The SMILES string of the molecule is Cc1cc(-c2[c-]cccc2)nc[c]1[Ge]([CH3])([CH3])[CH3].[2H]C(C)(C)c1ccnc(-c2[c-]ccc3c2sc2cccc(-c4ccccc4)c23)c1.[Ir]. The third-order valence-corrected chi connectivity index (χ3v) is 13.7. The second kappa shape index (κ2) is 14.6. The van der Waals surface area contributed by atoms with Crippen LogP contribution in [0.25, 0.3) is 53.8 Å². The summed E-state index contributed by atoms with van der Waals surface area (Å²) in [6.07, 6.45) is 3.88. The minimum absolute atomic E-state index is 0. The molecule has 0 atom stereocenters. The van der Waals surface area contributed by atoms with Gasteiger partial charge in [0.1, 0.15) is 0 Å². The van der Waals surface area contributed by atoms with Gasteiger partial charge in [0.15, 0.2) is 0 Å². The Bertz CT molecular complexity index is 2130. The Labute approximate surface area is 295 Å². The number of nitrogens with zero attached hydrogens (tertiary/aromatic N) is 2. The summed E-state index contributed by atoms with van der Waals surface area (Å²) in [5.74, 6) is 6.54. The fourth-order valence-electron chi connectivity index (χ4n) is 5.76. The fraction of sp³-hybridized carbons (Fsp3) is 0.171. The van der Waals surface area contributed by atoms with Gasteiger partial charge < -0.3 is 4.98 Å². The molecule has 0 bridgehead atoms. The molecule has 0 aliphatic heterocycles. The van der Waals surface area contributed by atoms with Crippen LogP contribution in [0.15, 0.2) is 116 Å². The quantitative estimate of drug-likeness (QED) is 0.127. The number of aryl methyl sites for hydroxylation is 1. The Kier molecular flexibility index (Phi) is 10.3. The van der Waals surface area contributed by atoms with E-state index in [4.69, 9.17) is 1.37 Å². The molecule has 3 aromatic heterocycles. The maximum Gasteiger partial charge on any atom is 0.0346 e.